The lowest BCUT2D eigenvalue weighted by molar-refractivity contribution is -0.118. The topological polar surface area (TPSA) is 122 Å². The zero-order valence-corrected chi connectivity index (χ0v) is 22.2. The first-order valence-corrected chi connectivity index (χ1v) is 12.8. The van der Waals surface area contributed by atoms with Gasteiger partial charge in [0, 0.05) is 25.2 Å². The van der Waals surface area contributed by atoms with Gasteiger partial charge in [-0.25, -0.2) is 9.98 Å². The number of nitrogens with two attached hydrogens (primary N) is 1. The van der Waals surface area contributed by atoms with Crippen molar-refractivity contribution in [2.45, 2.75) is 26.2 Å². The average molecular weight is 531 g/mol. The number of benzene rings is 2. The van der Waals surface area contributed by atoms with Gasteiger partial charge in [-0.3, -0.25) is 9.59 Å². The van der Waals surface area contributed by atoms with E-state index in [9.17, 15) is 9.59 Å². The highest BCUT2D eigenvalue weighted by atomic mass is 35.5. The molecule has 1 fully saturated rings. The Morgan fingerprint density at radius 1 is 1.11 bits per heavy atom. The molecule has 1 aromatic heterocycles. The van der Waals surface area contributed by atoms with E-state index in [-0.39, 0.29) is 27.5 Å². The fourth-order valence-corrected chi connectivity index (χ4v) is 4.28. The average Bonchev–Trinajstić information content (AvgIpc) is 2.91. The summed E-state index contributed by atoms with van der Waals surface area (Å²) in [5.74, 6) is -0.0993. The highest BCUT2D eigenvalue weighted by Crippen LogP contribution is 2.39. The Hall–Kier alpha value is -4.17. The predicted octanol–water partition coefficient (Wildman–Crippen LogP) is 5.05. The van der Waals surface area contributed by atoms with Crippen molar-refractivity contribution in [3.05, 3.63) is 89.1 Å². The number of carbonyl (C=O) groups excluding carboxylic acids is 2. The first kappa shape index (κ1) is 26.9. The number of aliphatic imine (C=N–C) groups is 1. The summed E-state index contributed by atoms with van der Waals surface area (Å²) in [4.78, 5) is 35.1. The first-order valence-electron chi connectivity index (χ1n) is 12.4. The normalized spacial score (nSPS) is 14.8. The summed E-state index contributed by atoms with van der Waals surface area (Å²) in [5.41, 5.74) is 8.37. The summed E-state index contributed by atoms with van der Waals surface area (Å²) in [5, 5.41) is 8.92. The van der Waals surface area contributed by atoms with E-state index in [1.807, 2.05) is 36.4 Å². The molecule has 4 rings (SSSR count). The fraction of sp³-hybridized carbons (Fsp3) is 0.241. The Balaban J connectivity index is 1.59. The maximum atomic E-state index is 13.3. The maximum absolute atomic E-state index is 13.3. The number of aromatic nitrogens is 1. The number of nitrogens with zero attached hydrogens (tertiary/aromatic N) is 2. The summed E-state index contributed by atoms with van der Waals surface area (Å²) in [7, 11) is 1.79. The predicted molar refractivity (Wildman–Crippen MR) is 152 cm³/mol. The minimum absolute atomic E-state index is 0.0594. The zero-order valence-electron chi connectivity index (χ0n) is 21.4. The molecular formula is C29H31ClN6O2. The Morgan fingerprint density at radius 3 is 2.55 bits per heavy atom. The van der Waals surface area contributed by atoms with Crippen molar-refractivity contribution in [3.8, 4) is 11.3 Å². The van der Waals surface area contributed by atoms with Crippen LogP contribution in [0.25, 0.3) is 11.3 Å². The van der Waals surface area contributed by atoms with Crippen molar-refractivity contribution in [2.24, 2.45) is 16.1 Å². The molecule has 196 valence electrons. The Bertz CT molecular complexity index is 1380. The number of hydrogen-bond acceptors (Lipinski definition) is 6. The fourth-order valence-electron chi connectivity index (χ4n) is 4.08. The molecular weight excluding hydrogens is 500 g/mol. The van der Waals surface area contributed by atoms with Crippen LogP contribution in [0.1, 0.15) is 36.5 Å². The highest BCUT2D eigenvalue weighted by Gasteiger charge is 2.32. The van der Waals surface area contributed by atoms with Gasteiger partial charge in [0.1, 0.15) is 17.4 Å². The second kappa shape index (κ2) is 11.9. The lowest BCUT2D eigenvalue weighted by Crippen LogP contribution is -2.41. The summed E-state index contributed by atoms with van der Waals surface area (Å²) in [6, 6.07) is 19.7. The largest absolute Gasteiger partial charge is 0.394 e. The molecule has 8 nitrogen and oxygen atoms in total. The van der Waals surface area contributed by atoms with Crippen LogP contribution in [0, 0.1) is 5.41 Å². The second-order valence-corrected chi connectivity index (χ2v) is 9.99. The van der Waals surface area contributed by atoms with Crippen LogP contribution in [0.5, 0.6) is 0 Å². The number of amides is 2. The smallest absolute Gasteiger partial charge is 0.267 e. The summed E-state index contributed by atoms with van der Waals surface area (Å²) in [6.07, 6.45) is 4.67. The van der Waals surface area contributed by atoms with Gasteiger partial charge in [0.25, 0.3) is 11.8 Å². The van der Waals surface area contributed by atoms with Crippen LogP contribution in [0.3, 0.4) is 0 Å². The number of nitrogens with one attached hydrogen (secondary N) is 3. The molecule has 0 bridgehead atoms. The molecule has 1 aliphatic carbocycles. The Morgan fingerprint density at radius 2 is 1.87 bits per heavy atom. The van der Waals surface area contributed by atoms with Crippen molar-refractivity contribution in [2.75, 3.05) is 18.9 Å². The molecule has 0 unspecified atom stereocenters. The van der Waals surface area contributed by atoms with Crippen LogP contribution in [0.2, 0.25) is 5.02 Å². The van der Waals surface area contributed by atoms with Crippen LogP contribution in [-0.4, -0.2) is 36.2 Å². The molecule has 1 saturated carbocycles. The number of carbonyl (C=O) groups is 2. The maximum Gasteiger partial charge on any atom is 0.267 e. The van der Waals surface area contributed by atoms with E-state index in [0.717, 1.165) is 18.4 Å². The molecule has 0 aliphatic heterocycles. The lowest BCUT2D eigenvalue weighted by Gasteiger charge is -2.38. The van der Waals surface area contributed by atoms with Gasteiger partial charge in [0.15, 0.2) is 0 Å². The van der Waals surface area contributed by atoms with E-state index < -0.39 is 11.8 Å². The number of amidine groups is 1. The summed E-state index contributed by atoms with van der Waals surface area (Å²) in [6.45, 7) is 2.69. The van der Waals surface area contributed by atoms with Crippen molar-refractivity contribution in [1.82, 2.24) is 15.6 Å². The molecule has 0 atom stereocenters. The molecule has 0 radical (unpaired) electrons. The molecule has 38 heavy (non-hydrogen) atoms. The van der Waals surface area contributed by atoms with E-state index in [2.05, 4.69) is 32.9 Å². The van der Waals surface area contributed by atoms with Crippen LogP contribution in [-0.2, 0) is 4.79 Å². The minimum atomic E-state index is -0.497. The molecule has 3 aromatic rings. The summed E-state index contributed by atoms with van der Waals surface area (Å²) < 4.78 is 0. The van der Waals surface area contributed by atoms with Gasteiger partial charge in [-0.15, -0.1) is 0 Å². The molecule has 0 spiro atoms. The van der Waals surface area contributed by atoms with E-state index in [0.29, 0.717) is 23.7 Å². The number of hydrogen-bond donors (Lipinski definition) is 4. The second-order valence-electron chi connectivity index (χ2n) is 9.59. The number of para-hydroxylation sites is 1. The van der Waals surface area contributed by atoms with Crippen LogP contribution in [0.15, 0.2) is 83.5 Å². The van der Waals surface area contributed by atoms with Crippen molar-refractivity contribution >= 4 is 40.8 Å². The molecule has 2 amide bonds. The van der Waals surface area contributed by atoms with Crippen LogP contribution < -0.4 is 21.7 Å². The van der Waals surface area contributed by atoms with E-state index >= 15 is 0 Å². The van der Waals surface area contributed by atoms with E-state index in [4.69, 9.17) is 17.3 Å². The third-order valence-corrected chi connectivity index (χ3v) is 6.88. The zero-order chi connectivity index (χ0) is 27.1. The Kier molecular flexibility index (Phi) is 8.43. The van der Waals surface area contributed by atoms with E-state index in [1.54, 1.807) is 37.4 Å². The molecule has 2 aromatic carbocycles. The SMILES string of the molecule is CNc1cccc(-c2ccc(Cl)c(C(=O)NC(C=C(N)C(=O)NCC3(C)CCC3)=Nc3ccccc3)c2)n1. The standard InChI is InChI=1S/C29H31ClN6O2/c1-29(14-7-15-29)18-33-28(38)23(31)17-26(34-20-8-4-3-5-9-20)36-27(37)21-16-19(12-13-22(21)30)24-10-6-11-25(32-2)35-24/h3-6,8-13,16-17H,7,14-15,18,31H2,1-2H3,(H,32,35)(H,33,38)(H,34,36,37). The third kappa shape index (κ3) is 6.77. The molecule has 1 heterocycles. The van der Waals surface area contributed by atoms with Crippen LogP contribution in [0.4, 0.5) is 11.5 Å². The van der Waals surface area contributed by atoms with Crippen molar-refractivity contribution < 1.29 is 9.59 Å². The first-order chi connectivity index (χ1) is 18.3. The number of pyridine rings is 1. The summed E-state index contributed by atoms with van der Waals surface area (Å²) >= 11 is 6.40. The van der Waals surface area contributed by atoms with Gasteiger partial charge < -0.3 is 21.7 Å². The van der Waals surface area contributed by atoms with Crippen LogP contribution >= 0.6 is 11.6 Å². The van der Waals surface area contributed by atoms with Crippen molar-refractivity contribution in [3.63, 3.8) is 0 Å². The molecule has 0 saturated heterocycles. The lowest BCUT2D eigenvalue weighted by atomic mass is 9.70. The van der Waals surface area contributed by atoms with Gasteiger partial charge in [-0.1, -0.05) is 55.3 Å². The third-order valence-electron chi connectivity index (χ3n) is 6.55. The number of halogens is 1. The van der Waals surface area contributed by atoms with Gasteiger partial charge in [0.2, 0.25) is 0 Å². The molecule has 9 heteroatoms. The molecule has 5 N–H and O–H groups in total. The van der Waals surface area contributed by atoms with Gasteiger partial charge in [0.05, 0.1) is 22.0 Å². The highest BCUT2D eigenvalue weighted by molar-refractivity contribution is 6.34. The number of rotatable bonds is 8. The monoisotopic (exact) mass is 530 g/mol. The van der Waals surface area contributed by atoms with Gasteiger partial charge in [-0.05, 0) is 54.7 Å². The number of anilines is 1. The van der Waals surface area contributed by atoms with E-state index in [1.165, 1.54) is 12.5 Å². The quantitative estimate of drug-likeness (QED) is 0.184. The Labute approximate surface area is 227 Å². The van der Waals surface area contributed by atoms with Crippen molar-refractivity contribution in [1.29, 1.82) is 0 Å². The molecule has 1 aliphatic rings. The van der Waals surface area contributed by atoms with Gasteiger partial charge >= 0.3 is 0 Å². The minimum Gasteiger partial charge on any atom is -0.394 e. The van der Waals surface area contributed by atoms with Gasteiger partial charge in [-0.2, -0.15) is 0 Å².